The molecule has 6 nitrogen and oxygen atoms in total. The fraction of sp³-hybridized carbons (Fsp3) is 0.917. The Labute approximate surface area is 116 Å². The molecule has 0 rings (SSSR count). The molecule has 0 aromatic heterocycles. The highest BCUT2D eigenvalue weighted by Gasteiger charge is 2.19. The van der Waals surface area contributed by atoms with Gasteiger partial charge in [0.05, 0.1) is 6.26 Å². The Bertz CT molecular complexity index is 385. The maximum absolute atomic E-state index is 11.6. The third kappa shape index (κ3) is 9.72. The fourth-order valence-corrected chi connectivity index (χ4v) is 2.39. The third-order valence-corrected chi connectivity index (χ3v) is 3.34. The molecule has 0 radical (unpaired) electrons. The molecule has 19 heavy (non-hydrogen) atoms. The number of nitrogens with zero attached hydrogens (tertiary/aromatic N) is 1. The van der Waals surface area contributed by atoms with Gasteiger partial charge in [-0.3, -0.25) is 0 Å². The monoisotopic (exact) mass is 294 g/mol. The summed E-state index contributed by atoms with van der Waals surface area (Å²) in [4.78, 5) is 11.4. The van der Waals surface area contributed by atoms with Gasteiger partial charge in [0.1, 0.15) is 5.60 Å². The van der Waals surface area contributed by atoms with Crippen molar-refractivity contribution in [1.82, 2.24) is 9.62 Å². The number of alkyl carbamates (subject to hydrolysis) is 1. The van der Waals surface area contributed by atoms with Gasteiger partial charge in [-0.1, -0.05) is 13.8 Å². The van der Waals surface area contributed by atoms with Gasteiger partial charge in [-0.25, -0.2) is 17.5 Å². The average Bonchev–Trinajstić information content (AvgIpc) is 2.10. The zero-order chi connectivity index (χ0) is 15.3. The highest BCUT2D eigenvalue weighted by molar-refractivity contribution is 7.88. The van der Waals surface area contributed by atoms with Crippen LogP contribution >= 0.6 is 0 Å². The second-order valence-corrected chi connectivity index (χ2v) is 7.93. The molecule has 1 N–H and O–H groups in total. The van der Waals surface area contributed by atoms with Crippen LogP contribution in [-0.2, 0) is 14.8 Å². The second-order valence-electron chi connectivity index (χ2n) is 5.94. The largest absolute Gasteiger partial charge is 0.444 e. The van der Waals surface area contributed by atoms with E-state index in [0.717, 1.165) is 0 Å². The number of hydrogen-bond acceptors (Lipinski definition) is 4. The van der Waals surface area contributed by atoms with Crippen molar-refractivity contribution in [2.24, 2.45) is 5.92 Å². The van der Waals surface area contributed by atoms with E-state index in [9.17, 15) is 13.2 Å². The van der Waals surface area contributed by atoms with E-state index < -0.39 is 21.7 Å². The molecular formula is C12H26N2O4S. The second kappa shape index (κ2) is 7.09. The standard InChI is InChI=1S/C12H26N2O4S/c1-10(2)9-14(19(6,16)17)8-7-13-11(15)18-12(3,4)5/h10H,7-9H2,1-6H3,(H,13,15). The van der Waals surface area contributed by atoms with E-state index in [2.05, 4.69) is 5.32 Å². The van der Waals surface area contributed by atoms with Crippen LogP contribution in [0, 0.1) is 5.92 Å². The first-order valence-electron chi connectivity index (χ1n) is 6.34. The average molecular weight is 294 g/mol. The molecule has 114 valence electrons. The van der Waals surface area contributed by atoms with E-state index in [1.807, 2.05) is 13.8 Å². The summed E-state index contributed by atoms with van der Waals surface area (Å²) in [6.45, 7) is 10.1. The Hall–Kier alpha value is -0.820. The Morgan fingerprint density at radius 3 is 2.21 bits per heavy atom. The summed E-state index contributed by atoms with van der Waals surface area (Å²) in [6.07, 6.45) is 0.633. The first-order valence-corrected chi connectivity index (χ1v) is 8.18. The minimum Gasteiger partial charge on any atom is -0.444 e. The normalized spacial score (nSPS) is 12.8. The van der Waals surface area contributed by atoms with Gasteiger partial charge in [-0.15, -0.1) is 0 Å². The van der Waals surface area contributed by atoms with E-state index in [-0.39, 0.29) is 19.0 Å². The van der Waals surface area contributed by atoms with Crippen LogP contribution < -0.4 is 5.32 Å². The van der Waals surface area contributed by atoms with E-state index in [1.54, 1.807) is 20.8 Å². The summed E-state index contributed by atoms with van der Waals surface area (Å²) in [5, 5.41) is 2.55. The molecule has 0 aromatic carbocycles. The molecule has 7 heteroatoms. The first-order chi connectivity index (χ1) is 8.42. The van der Waals surface area contributed by atoms with Crippen molar-refractivity contribution in [2.75, 3.05) is 25.9 Å². The Morgan fingerprint density at radius 2 is 1.84 bits per heavy atom. The van der Waals surface area contributed by atoms with Gasteiger partial charge >= 0.3 is 6.09 Å². The molecule has 0 saturated carbocycles. The quantitative estimate of drug-likeness (QED) is 0.804. The number of carbonyl (C=O) groups is 1. The smallest absolute Gasteiger partial charge is 0.407 e. The minimum absolute atomic E-state index is 0.231. The molecule has 0 bridgehead atoms. The van der Waals surface area contributed by atoms with Crippen LogP contribution in [0.15, 0.2) is 0 Å². The van der Waals surface area contributed by atoms with Gasteiger partial charge in [0, 0.05) is 19.6 Å². The zero-order valence-corrected chi connectivity index (χ0v) is 13.5. The molecule has 0 aliphatic carbocycles. The number of amides is 1. The Morgan fingerprint density at radius 1 is 1.32 bits per heavy atom. The summed E-state index contributed by atoms with van der Waals surface area (Å²) in [6, 6.07) is 0. The number of ether oxygens (including phenoxy) is 1. The van der Waals surface area contributed by atoms with Crippen LogP contribution in [0.25, 0.3) is 0 Å². The summed E-state index contributed by atoms with van der Waals surface area (Å²) in [5.41, 5.74) is -0.557. The minimum atomic E-state index is -3.25. The molecule has 0 atom stereocenters. The number of sulfonamides is 1. The molecular weight excluding hydrogens is 268 g/mol. The van der Waals surface area contributed by atoms with Crippen molar-refractivity contribution in [2.45, 2.75) is 40.2 Å². The van der Waals surface area contributed by atoms with Gasteiger partial charge in [0.2, 0.25) is 10.0 Å². The van der Waals surface area contributed by atoms with Gasteiger partial charge in [-0.05, 0) is 26.7 Å². The van der Waals surface area contributed by atoms with E-state index in [1.165, 1.54) is 10.6 Å². The number of nitrogens with one attached hydrogen (secondary N) is 1. The molecule has 0 fully saturated rings. The van der Waals surface area contributed by atoms with Crippen molar-refractivity contribution in [3.05, 3.63) is 0 Å². The maximum Gasteiger partial charge on any atom is 0.407 e. The highest BCUT2D eigenvalue weighted by Crippen LogP contribution is 2.06. The van der Waals surface area contributed by atoms with Crippen LogP contribution in [0.3, 0.4) is 0 Å². The lowest BCUT2D eigenvalue weighted by Crippen LogP contribution is -2.41. The molecule has 1 amide bonds. The van der Waals surface area contributed by atoms with Crippen molar-refractivity contribution in [1.29, 1.82) is 0 Å². The van der Waals surface area contributed by atoms with E-state index >= 15 is 0 Å². The zero-order valence-electron chi connectivity index (χ0n) is 12.7. The number of hydrogen-bond donors (Lipinski definition) is 1. The van der Waals surface area contributed by atoms with Crippen molar-refractivity contribution in [3.8, 4) is 0 Å². The number of rotatable bonds is 6. The maximum atomic E-state index is 11.6. The van der Waals surface area contributed by atoms with Gasteiger partial charge < -0.3 is 10.1 Å². The molecule has 0 aromatic rings. The lowest BCUT2D eigenvalue weighted by Gasteiger charge is -2.23. The van der Waals surface area contributed by atoms with Crippen molar-refractivity contribution in [3.63, 3.8) is 0 Å². The van der Waals surface area contributed by atoms with Crippen LogP contribution in [0.4, 0.5) is 4.79 Å². The summed E-state index contributed by atoms with van der Waals surface area (Å²) in [7, 11) is -3.25. The Kier molecular flexibility index (Phi) is 6.79. The lowest BCUT2D eigenvalue weighted by atomic mass is 10.2. The Balaban J connectivity index is 4.25. The van der Waals surface area contributed by atoms with Gasteiger partial charge in [0.15, 0.2) is 0 Å². The van der Waals surface area contributed by atoms with Crippen LogP contribution in [-0.4, -0.2) is 50.3 Å². The molecule has 0 saturated heterocycles. The lowest BCUT2D eigenvalue weighted by molar-refractivity contribution is 0.0525. The molecule has 0 aliphatic rings. The molecule has 0 aliphatic heterocycles. The van der Waals surface area contributed by atoms with Gasteiger partial charge in [0.25, 0.3) is 0 Å². The summed E-state index contributed by atoms with van der Waals surface area (Å²) < 4.78 is 29.5. The van der Waals surface area contributed by atoms with E-state index in [0.29, 0.717) is 6.54 Å². The molecule has 0 heterocycles. The summed E-state index contributed by atoms with van der Waals surface area (Å²) >= 11 is 0. The molecule has 0 spiro atoms. The first kappa shape index (κ1) is 18.2. The molecule has 0 unspecified atom stereocenters. The SMILES string of the molecule is CC(C)CN(CCNC(=O)OC(C)(C)C)S(C)(=O)=O. The van der Waals surface area contributed by atoms with Crippen molar-refractivity contribution >= 4 is 16.1 Å². The predicted octanol–water partition coefficient (Wildman–Crippen LogP) is 1.43. The van der Waals surface area contributed by atoms with Gasteiger partial charge in [-0.2, -0.15) is 0 Å². The summed E-state index contributed by atoms with van der Waals surface area (Å²) in [5.74, 6) is 0.233. The fourth-order valence-electron chi connectivity index (χ4n) is 1.40. The van der Waals surface area contributed by atoms with Crippen LogP contribution in [0.1, 0.15) is 34.6 Å². The topological polar surface area (TPSA) is 75.7 Å². The van der Waals surface area contributed by atoms with Crippen LogP contribution in [0.5, 0.6) is 0 Å². The van der Waals surface area contributed by atoms with E-state index in [4.69, 9.17) is 4.74 Å². The predicted molar refractivity (Wildman–Crippen MR) is 75.5 cm³/mol. The number of carbonyl (C=O) groups excluding carboxylic acids is 1. The van der Waals surface area contributed by atoms with Crippen LogP contribution in [0.2, 0.25) is 0 Å². The van der Waals surface area contributed by atoms with Crippen molar-refractivity contribution < 1.29 is 17.9 Å². The highest BCUT2D eigenvalue weighted by atomic mass is 32.2. The third-order valence-electron chi connectivity index (χ3n) is 2.07.